The molecule has 0 saturated carbocycles. The average molecular weight is 409 g/mol. The van der Waals surface area contributed by atoms with Crippen LogP contribution in [0.15, 0.2) is 63.5 Å². The normalized spacial score (nSPS) is 11.2. The molecule has 0 fully saturated rings. The first kappa shape index (κ1) is 18.2. The van der Waals surface area contributed by atoms with E-state index in [9.17, 15) is 18.8 Å². The van der Waals surface area contributed by atoms with Crippen molar-refractivity contribution >= 4 is 45.4 Å². The van der Waals surface area contributed by atoms with E-state index < -0.39 is 11.7 Å². The lowest BCUT2D eigenvalue weighted by molar-refractivity contribution is -0.112. The van der Waals surface area contributed by atoms with E-state index in [1.807, 2.05) is 12.1 Å². The summed E-state index contributed by atoms with van der Waals surface area (Å²) < 4.78 is 25.4. The molecule has 2 rings (SSSR count). The molecule has 24 heavy (non-hydrogen) atoms. The molecule has 0 unspecified atom stereocenters. The van der Waals surface area contributed by atoms with Gasteiger partial charge in [-0.15, -0.1) is 0 Å². The smallest absolute Gasteiger partial charge is 0.288 e. The monoisotopic (exact) mass is 408 g/mol. The van der Waals surface area contributed by atoms with Gasteiger partial charge in [0.15, 0.2) is 0 Å². The molecule has 0 aliphatic carbocycles. The van der Waals surface area contributed by atoms with Crippen molar-refractivity contribution < 1.29 is 13.6 Å². The summed E-state index contributed by atoms with van der Waals surface area (Å²) in [7, 11) is 0. The van der Waals surface area contributed by atoms with Crippen LogP contribution in [0.1, 0.15) is 5.56 Å². The fourth-order valence-electron chi connectivity index (χ4n) is 1.83. The molecular weight excluding hydrogens is 398 g/mol. The molecule has 2 aromatic carbocycles. The quantitative estimate of drug-likeness (QED) is 0.414. The molecule has 0 atom stereocenters. The number of thioether (sulfide) groups is 1. The molecule has 0 heterocycles. The third-order valence-corrected chi connectivity index (χ3v) is 4.08. The van der Waals surface area contributed by atoms with Crippen LogP contribution in [0.4, 0.5) is 14.5 Å². The Morgan fingerprint density at radius 1 is 1.25 bits per heavy atom. The average Bonchev–Trinajstić information content (AvgIpc) is 2.54. The summed E-state index contributed by atoms with van der Waals surface area (Å²) in [6, 6.07) is 15.0. The Labute approximate surface area is 150 Å². The Hall–Kier alpha value is -2.17. The van der Waals surface area contributed by atoms with Crippen LogP contribution < -0.4 is 5.32 Å². The van der Waals surface area contributed by atoms with Crippen molar-refractivity contribution in [1.82, 2.24) is 0 Å². The van der Waals surface area contributed by atoms with Crippen molar-refractivity contribution in [2.75, 3.05) is 5.32 Å². The SMILES string of the molecule is N#C/C(=C\c1cccc(Br)c1)C(=O)Nc1ccc(SC(F)F)cc1. The lowest BCUT2D eigenvalue weighted by Gasteiger charge is -2.06. The lowest BCUT2D eigenvalue weighted by atomic mass is 10.1. The van der Waals surface area contributed by atoms with Gasteiger partial charge in [-0.3, -0.25) is 4.79 Å². The van der Waals surface area contributed by atoms with Crippen molar-refractivity contribution in [3.63, 3.8) is 0 Å². The highest BCUT2D eigenvalue weighted by Gasteiger charge is 2.10. The Morgan fingerprint density at radius 3 is 2.54 bits per heavy atom. The minimum Gasteiger partial charge on any atom is -0.321 e. The molecular formula is C17H11BrF2N2OS. The van der Waals surface area contributed by atoms with Crippen LogP contribution in [-0.4, -0.2) is 11.7 Å². The summed E-state index contributed by atoms with van der Waals surface area (Å²) >= 11 is 3.75. The maximum absolute atomic E-state index is 12.3. The zero-order valence-corrected chi connectivity index (χ0v) is 14.6. The summed E-state index contributed by atoms with van der Waals surface area (Å²) in [5.74, 6) is -3.06. The van der Waals surface area contributed by atoms with E-state index in [-0.39, 0.29) is 5.57 Å². The maximum Gasteiger partial charge on any atom is 0.288 e. The third kappa shape index (κ3) is 5.48. The molecule has 0 bridgehead atoms. The van der Waals surface area contributed by atoms with Gasteiger partial charge in [-0.1, -0.05) is 39.8 Å². The number of nitrogens with one attached hydrogen (secondary N) is 1. The molecule has 7 heteroatoms. The van der Waals surface area contributed by atoms with E-state index in [0.29, 0.717) is 27.9 Å². The molecule has 0 spiro atoms. The van der Waals surface area contributed by atoms with Gasteiger partial charge in [-0.25, -0.2) is 0 Å². The number of benzene rings is 2. The van der Waals surface area contributed by atoms with Gasteiger partial charge in [0.05, 0.1) is 0 Å². The molecule has 1 amide bonds. The number of carbonyl (C=O) groups excluding carboxylic acids is 1. The molecule has 2 aromatic rings. The van der Waals surface area contributed by atoms with E-state index in [2.05, 4.69) is 21.2 Å². The molecule has 3 nitrogen and oxygen atoms in total. The first-order valence-corrected chi connectivity index (χ1v) is 8.39. The van der Waals surface area contributed by atoms with Gasteiger partial charge in [-0.2, -0.15) is 14.0 Å². The van der Waals surface area contributed by atoms with Crippen molar-refractivity contribution in [1.29, 1.82) is 5.26 Å². The summed E-state index contributed by atoms with van der Waals surface area (Å²) in [6.45, 7) is 0. The van der Waals surface area contributed by atoms with Gasteiger partial charge in [0, 0.05) is 15.1 Å². The fourth-order valence-corrected chi connectivity index (χ4v) is 2.75. The zero-order chi connectivity index (χ0) is 17.5. The number of rotatable bonds is 5. The molecule has 1 N–H and O–H groups in total. The van der Waals surface area contributed by atoms with Gasteiger partial charge in [0.2, 0.25) is 0 Å². The van der Waals surface area contributed by atoms with Crippen LogP contribution in [0, 0.1) is 11.3 Å². The van der Waals surface area contributed by atoms with Crippen LogP contribution in [0.5, 0.6) is 0 Å². The van der Waals surface area contributed by atoms with Gasteiger partial charge in [-0.05, 0) is 48.0 Å². The topological polar surface area (TPSA) is 52.9 Å². The predicted molar refractivity (Wildman–Crippen MR) is 94.7 cm³/mol. The Kier molecular flexibility index (Phi) is 6.53. The third-order valence-electron chi connectivity index (χ3n) is 2.86. The number of hydrogen-bond acceptors (Lipinski definition) is 3. The van der Waals surface area contributed by atoms with Crippen LogP contribution >= 0.6 is 27.7 Å². The van der Waals surface area contributed by atoms with E-state index in [4.69, 9.17) is 0 Å². The summed E-state index contributed by atoms with van der Waals surface area (Å²) in [5.41, 5.74) is 1.08. The van der Waals surface area contributed by atoms with Crippen molar-refractivity contribution in [3.05, 3.63) is 64.1 Å². The summed E-state index contributed by atoms with van der Waals surface area (Å²) in [6.07, 6.45) is 1.47. The molecule has 0 radical (unpaired) electrons. The van der Waals surface area contributed by atoms with Crippen LogP contribution in [0.2, 0.25) is 0 Å². The largest absolute Gasteiger partial charge is 0.321 e. The number of nitriles is 1. The van der Waals surface area contributed by atoms with Crippen LogP contribution in [-0.2, 0) is 4.79 Å². The molecule has 122 valence electrons. The number of hydrogen-bond donors (Lipinski definition) is 1. The predicted octanol–water partition coefficient (Wildman–Crippen LogP) is 5.31. The Morgan fingerprint density at radius 2 is 1.96 bits per heavy atom. The summed E-state index contributed by atoms with van der Waals surface area (Å²) in [4.78, 5) is 12.6. The van der Waals surface area contributed by atoms with E-state index >= 15 is 0 Å². The van der Waals surface area contributed by atoms with Crippen LogP contribution in [0.25, 0.3) is 6.08 Å². The second-order valence-corrected chi connectivity index (χ2v) is 6.56. The number of anilines is 1. The zero-order valence-electron chi connectivity index (χ0n) is 12.2. The number of nitrogens with zero attached hydrogens (tertiary/aromatic N) is 1. The number of carbonyl (C=O) groups is 1. The highest BCUT2D eigenvalue weighted by molar-refractivity contribution is 9.10. The molecule has 0 saturated heterocycles. The first-order valence-electron chi connectivity index (χ1n) is 6.71. The molecule has 0 aromatic heterocycles. The Bertz CT molecular complexity index is 801. The molecule has 0 aliphatic heterocycles. The van der Waals surface area contributed by atoms with Gasteiger partial charge >= 0.3 is 0 Å². The Balaban J connectivity index is 2.11. The number of alkyl halides is 2. The van der Waals surface area contributed by atoms with Gasteiger partial charge in [0.25, 0.3) is 11.7 Å². The second-order valence-electron chi connectivity index (χ2n) is 4.58. The standard InChI is InChI=1S/C17H11BrF2N2OS/c18-13-3-1-2-11(9-13)8-12(10-21)16(23)22-14-4-6-15(7-5-14)24-17(19)20/h1-9,17H,(H,22,23)/b12-8+. The fraction of sp³-hybridized carbons (Fsp3) is 0.0588. The first-order chi connectivity index (χ1) is 11.5. The van der Waals surface area contributed by atoms with Crippen molar-refractivity contribution in [2.45, 2.75) is 10.7 Å². The minimum atomic E-state index is -2.50. The summed E-state index contributed by atoms with van der Waals surface area (Å²) in [5, 5.41) is 11.7. The van der Waals surface area contributed by atoms with E-state index in [0.717, 1.165) is 4.47 Å². The van der Waals surface area contributed by atoms with Crippen molar-refractivity contribution in [3.8, 4) is 6.07 Å². The highest BCUT2D eigenvalue weighted by Crippen LogP contribution is 2.26. The van der Waals surface area contributed by atoms with E-state index in [1.165, 1.54) is 30.3 Å². The van der Waals surface area contributed by atoms with Gasteiger partial charge < -0.3 is 5.32 Å². The van der Waals surface area contributed by atoms with Crippen molar-refractivity contribution in [2.24, 2.45) is 0 Å². The lowest BCUT2D eigenvalue weighted by Crippen LogP contribution is -2.13. The molecule has 0 aliphatic rings. The van der Waals surface area contributed by atoms with E-state index in [1.54, 1.807) is 18.2 Å². The second kappa shape index (κ2) is 8.62. The highest BCUT2D eigenvalue weighted by atomic mass is 79.9. The number of halogens is 3. The number of amides is 1. The minimum absolute atomic E-state index is 0.0564. The van der Waals surface area contributed by atoms with Gasteiger partial charge in [0.1, 0.15) is 11.6 Å². The van der Waals surface area contributed by atoms with Crippen LogP contribution in [0.3, 0.4) is 0 Å². The maximum atomic E-state index is 12.3.